The van der Waals surface area contributed by atoms with Gasteiger partial charge in [0.25, 0.3) is 0 Å². The second kappa shape index (κ2) is 5.23. The van der Waals surface area contributed by atoms with Gasteiger partial charge in [-0.2, -0.15) is 0 Å². The van der Waals surface area contributed by atoms with Gasteiger partial charge < -0.3 is 15.2 Å². The molecule has 0 aromatic heterocycles. The molecule has 19 heavy (non-hydrogen) atoms. The predicted molar refractivity (Wildman–Crippen MR) is 69.8 cm³/mol. The molecule has 0 aromatic carbocycles. The molecule has 5 heteroatoms. The first-order chi connectivity index (χ1) is 9.02. The lowest BCUT2D eigenvalue weighted by Gasteiger charge is -2.51. The first kappa shape index (κ1) is 13.9. The van der Waals surface area contributed by atoms with Crippen molar-refractivity contribution in [3.63, 3.8) is 0 Å². The van der Waals surface area contributed by atoms with Crippen molar-refractivity contribution in [1.82, 2.24) is 5.32 Å². The molecule has 2 aliphatic rings. The SMILES string of the molecule is C=CCOC(=O)NC1(C(=O)O)CCCC2(CCC2)C1. The van der Waals surface area contributed by atoms with Crippen molar-refractivity contribution in [2.24, 2.45) is 5.41 Å². The van der Waals surface area contributed by atoms with Crippen molar-refractivity contribution in [3.8, 4) is 0 Å². The van der Waals surface area contributed by atoms with Crippen LogP contribution in [0.15, 0.2) is 12.7 Å². The Hall–Kier alpha value is -1.52. The van der Waals surface area contributed by atoms with E-state index in [1.54, 1.807) is 0 Å². The van der Waals surface area contributed by atoms with Gasteiger partial charge in [-0.05, 0) is 43.9 Å². The highest BCUT2D eigenvalue weighted by molar-refractivity contribution is 5.84. The van der Waals surface area contributed by atoms with Crippen LogP contribution in [0.1, 0.15) is 44.9 Å². The molecule has 0 aliphatic heterocycles. The van der Waals surface area contributed by atoms with Gasteiger partial charge in [-0.3, -0.25) is 0 Å². The fraction of sp³-hybridized carbons (Fsp3) is 0.714. The molecule has 1 unspecified atom stereocenters. The van der Waals surface area contributed by atoms with Gasteiger partial charge in [-0.15, -0.1) is 0 Å². The van der Waals surface area contributed by atoms with Crippen LogP contribution >= 0.6 is 0 Å². The zero-order valence-corrected chi connectivity index (χ0v) is 11.1. The minimum Gasteiger partial charge on any atom is -0.480 e. The first-order valence-electron chi connectivity index (χ1n) is 6.81. The summed E-state index contributed by atoms with van der Waals surface area (Å²) in [5, 5.41) is 12.1. The van der Waals surface area contributed by atoms with E-state index in [1.165, 1.54) is 6.08 Å². The molecule has 0 aromatic rings. The minimum absolute atomic E-state index is 0.0900. The van der Waals surface area contributed by atoms with Gasteiger partial charge in [-0.25, -0.2) is 9.59 Å². The summed E-state index contributed by atoms with van der Waals surface area (Å²) in [5.41, 5.74) is -1.03. The van der Waals surface area contributed by atoms with Crippen LogP contribution in [-0.2, 0) is 9.53 Å². The maximum Gasteiger partial charge on any atom is 0.408 e. The molecule has 0 saturated heterocycles. The van der Waals surface area contributed by atoms with Gasteiger partial charge in [0.1, 0.15) is 12.1 Å². The number of rotatable bonds is 4. The van der Waals surface area contributed by atoms with Crippen LogP contribution in [0.4, 0.5) is 4.79 Å². The Kier molecular flexibility index (Phi) is 3.83. The molecule has 2 rings (SSSR count). The number of hydrogen-bond acceptors (Lipinski definition) is 3. The average molecular weight is 267 g/mol. The van der Waals surface area contributed by atoms with E-state index in [-0.39, 0.29) is 12.0 Å². The molecule has 0 bridgehead atoms. The van der Waals surface area contributed by atoms with Crippen molar-refractivity contribution in [2.45, 2.75) is 50.5 Å². The van der Waals surface area contributed by atoms with Gasteiger partial charge in [0.2, 0.25) is 0 Å². The summed E-state index contributed by atoms with van der Waals surface area (Å²) in [6, 6.07) is 0. The first-order valence-corrected chi connectivity index (χ1v) is 6.81. The number of aliphatic carboxylic acids is 1. The lowest BCUT2D eigenvalue weighted by atomic mass is 9.56. The number of hydrogen-bond donors (Lipinski definition) is 2. The average Bonchev–Trinajstić information content (AvgIpc) is 2.34. The molecule has 2 saturated carbocycles. The van der Waals surface area contributed by atoms with E-state index in [1.807, 2.05) is 0 Å². The number of alkyl carbamates (subject to hydrolysis) is 1. The van der Waals surface area contributed by atoms with Crippen LogP contribution in [0, 0.1) is 5.41 Å². The molecule has 2 N–H and O–H groups in total. The highest BCUT2D eigenvalue weighted by Gasteiger charge is 2.52. The molecule has 2 fully saturated rings. The summed E-state index contributed by atoms with van der Waals surface area (Å²) < 4.78 is 4.86. The third-order valence-electron chi connectivity index (χ3n) is 4.48. The number of amides is 1. The van der Waals surface area contributed by atoms with Crippen molar-refractivity contribution in [1.29, 1.82) is 0 Å². The Bertz CT molecular complexity index is 389. The topological polar surface area (TPSA) is 75.6 Å². The molecule has 0 radical (unpaired) electrons. The van der Waals surface area contributed by atoms with Crippen molar-refractivity contribution >= 4 is 12.1 Å². The summed E-state index contributed by atoms with van der Waals surface area (Å²) in [6.07, 6.45) is 7.03. The summed E-state index contributed by atoms with van der Waals surface area (Å²) in [7, 11) is 0. The van der Waals surface area contributed by atoms with E-state index >= 15 is 0 Å². The van der Waals surface area contributed by atoms with E-state index in [2.05, 4.69) is 11.9 Å². The van der Waals surface area contributed by atoms with Gasteiger partial charge in [0.15, 0.2) is 0 Å². The summed E-state index contributed by atoms with van der Waals surface area (Å²) in [4.78, 5) is 23.3. The molecule has 1 atom stereocenters. The number of carboxylic acids is 1. The molecule has 106 valence electrons. The predicted octanol–water partition coefficient (Wildman–Crippen LogP) is 2.47. The Balaban J connectivity index is 2.06. The van der Waals surface area contributed by atoms with E-state index < -0.39 is 17.6 Å². The third kappa shape index (κ3) is 2.74. The lowest BCUT2D eigenvalue weighted by molar-refractivity contribution is -0.150. The molecule has 2 aliphatic carbocycles. The number of nitrogens with one attached hydrogen (secondary N) is 1. The van der Waals surface area contributed by atoms with E-state index in [9.17, 15) is 14.7 Å². The normalized spacial score (nSPS) is 28.2. The zero-order chi connectivity index (χ0) is 13.9. The Morgan fingerprint density at radius 3 is 2.42 bits per heavy atom. The highest BCUT2D eigenvalue weighted by Crippen LogP contribution is 2.54. The smallest absolute Gasteiger partial charge is 0.408 e. The summed E-state index contributed by atoms with van der Waals surface area (Å²) in [5.74, 6) is -0.950. The van der Waals surface area contributed by atoms with Crippen LogP contribution in [0.25, 0.3) is 0 Å². The van der Waals surface area contributed by atoms with Crippen LogP contribution in [-0.4, -0.2) is 29.3 Å². The molecular weight excluding hydrogens is 246 g/mol. The number of ether oxygens (including phenoxy) is 1. The van der Waals surface area contributed by atoms with Crippen molar-refractivity contribution in [3.05, 3.63) is 12.7 Å². The van der Waals surface area contributed by atoms with E-state index in [4.69, 9.17) is 4.74 Å². The number of carbonyl (C=O) groups is 2. The fourth-order valence-corrected chi connectivity index (χ4v) is 3.39. The quantitative estimate of drug-likeness (QED) is 0.767. The van der Waals surface area contributed by atoms with Crippen LogP contribution in [0.2, 0.25) is 0 Å². The van der Waals surface area contributed by atoms with Crippen LogP contribution < -0.4 is 5.32 Å². The standard InChI is InChI=1S/C14H21NO4/c1-2-9-19-12(18)15-14(11(16)17)8-4-7-13(10-14)5-3-6-13/h2H,1,3-10H2,(H,15,18)(H,16,17). The van der Waals surface area contributed by atoms with E-state index in [0.717, 1.165) is 32.1 Å². The second-order valence-corrected chi connectivity index (χ2v) is 5.78. The Morgan fingerprint density at radius 2 is 1.89 bits per heavy atom. The van der Waals surface area contributed by atoms with Gasteiger partial charge in [0.05, 0.1) is 0 Å². The van der Waals surface area contributed by atoms with Gasteiger partial charge in [-0.1, -0.05) is 19.1 Å². The molecule has 1 amide bonds. The highest BCUT2D eigenvalue weighted by atomic mass is 16.5. The maximum atomic E-state index is 11.7. The Labute approximate surface area is 113 Å². The summed E-state index contributed by atoms with van der Waals surface area (Å²) >= 11 is 0. The van der Waals surface area contributed by atoms with Crippen LogP contribution in [0.3, 0.4) is 0 Å². The fourth-order valence-electron chi connectivity index (χ4n) is 3.39. The van der Waals surface area contributed by atoms with Gasteiger partial charge >= 0.3 is 12.1 Å². The van der Waals surface area contributed by atoms with Crippen molar-refractivity contribution < 1.29 is 19.4 Å². The summed E-state index contributed by atoms with van der Waals surface area (Å²) in [6.45, 7) is 3.55. The molecule has 5 nitrogen and oxygen atoms in total. The zero-order valence-electron chi connectivity index (χ0n) is 11.1. The third-order valence-corrected chi connectivity index (χ3v) is 4.48. The Morgan fingerprint density at radius 1 is 1.26 bits per heavy atom. The van der Waals surface area contributed by atoms with Crippen molar-refractivity contribution in [2.75, 3.05) is 6.61 Å². The maximum absolute atomic E-state index is 11.7. The van der Waals surface area contributed by atoms with Crippen LogP contribution in [0.5, 0.6) is 0 Å². The molecule has 0 heterocycles. The number of carbonyl (C=O) groups excluding carboxylic acids is 1. The van der Waals surface area contributed by atoms with E-state index in [0.29, 0.717) is 12.8 Å². The molecule has 1 spiro atoms. The largest absolute Gasteiger partial charge is 0.480 e. The van der Waals surface area contributed by atoms with Gasteiger partial charge in [0, 0.05) is 0 Å². The number of carboxylic acid groups (broad SMARTS) is 1. The lowest BCUT2D eigenvalue weighted by Crippen LogP contribution is -2.60. The second-order valence-electron chi connectivity index (χ2n) is 5.78. The minimum atomic E-state index is -1.16. The molecular formula is C14H21NO4. The monoisotopic (exact) mass is 267 g/mol.